The molecule has 2 aliphatic heterocycles. The summed E-state index contributed by atoms with van der Waals surface area (Å²) in [4.78, 5) is 0. The Bertz CT molecular complexity index is 2560. The third kappa shape index (κ3) is 15.3. The molecule has 380 valence electrons. The van der Waals surface area contributed by atoms with E-state index < -0.39 is 61.4 Å². The van der Waals surface area contributed by atoms with E-state index in [9.17, 15) is 0 Å². The minimum atomic E-state index is -1.09. The molecule has 0 unspecified atom stereocenters. The van der Waals surface area contributed by atoms with Crippen molar-refractivity contribution in [2.45, 2.75) is 108 Å². The second kappa shape index (κ2) is 28.0. The van der Waals surface area contributed by atoms with Crippen LogP contribution in [0.2, 0.25) is 0 Å². The molecule has 11 heteroatoms. The molecule has 7 aromatic rings. The molecule has 0 radical (unpaired) electrons. The summed E-state index contributed by atoms with van der Waals surface area (Å²) in [6, 6.07) is 70.4. The first-order chi connectivity index (χ1) is 36.2. The summed E-state index contributed by atoms with van der Waals surface area (Å²) in [5.74, 6) is 0. The van der Waals surface area contributed by atoms with Gasteiger partial charge in [0.05, 0.1) is 59.5 Å². The molecule has 2 fully saturated rings. The van der Waals surface area contributed by atoms with E-state index in [4.69, 9.17) is 52.1 Å². The SMILES string of the molecule is CO[C@@H]1O[C@H](COCc2ccccc2)[C@H](O[C@H]2O[C@H](COCc3ccccc3)[C@H](OCc3ccccc3)[C@H](OCc3ccccc3)[C@H]2OCc2ccccc2)[C@H](OCc2ccccc2)[C@H]1OCc1ccccc1. The van der Waals surface area contributed by atoms with Crippen LogP contribution in [0.3, 0.4) is 0 Å². The van der Waals surface area contributed by atoms with Crippen molar-refractivity contribution in [2.75, 3.05) is 20.3 Å². The molecule has 0 spiro atoms. The molecular weight excluding hydrogens is 921 g/mol. The molecule has 0 amide bonds. The Morgan fingerprint density at radius 1 is 0.288 bits per heavy atom. The smallest absolute Gasteiger partial charge is 0.187 e. The fraction of sp³-hybridized carbons (Fsp3) is 0.323. The van der Waals surface area contributed by atoms with E-state index in [-0.39, 0.29) is 46.2 Å². The molecule has 73 heavy (non-hydrogen) atoms. The fourth-order valence-corrected chi connectivity index (χ4v) is 9.14. The lowest BCUT2D eigenvalue weighted by atomic mass is 9.95. The molecule has 0 aromatic heterocycles. The van der Waals surface area contributed by atoms with Crippen LogP contribution in [0.25, 0.3) is 0 Å². The minimum Gasteiger partial charge on any atom is -0.374 e. The quantitative estimate of drug-likeness (QED) is 0.0518. The van der Waals surface area contributed by atoms with Crippen LogP contribution < -0.4 is 0 Å². The first kappa shape index (κ1) is 52.0. The molecule has 11 nitrogen and oxygen atoms in total. The predicted molar refractivity (Wildman–Crippen MR) is 276 cm³/mol. The topological polar surface area (TPSA) is 102 Å². The van der Waals surface area contributed by atoms with Crippen molar-refractivity contribution >= 4 is 0 Å². The average Bonchev–Trinajstić information content (AvgIpc) is 3.45. The van der Waals surface area contributed by atoms with Gasteiger partial charge in [0.1, 0.15) is 48.8 Å². The first-order valence-corrected chi connectivity index (χ1v) is 25.2. The second-order valence-corrected chi connectivity index (χ2v) is 18.2. The fourth-order valence-electron chi connectivity index (χ4n) is 9.14. The monoisotopic (exact) mass is 986 g/mol. The van der Waals surface area contributed by atoms with Crippen molar-refractivity contribution in [3.63, 3.8) is 0 Å². The van der Waals surface area contributed by atoms with Gasteiger partial charge in [0, 0.05) is 7.11 Å². The van der Waals surface area contributed by atoms with E-state index in [2.05, 4.69) is 0 Å². The summed E-state index contributed by atoms with van der Waals surface area (Å²) in [6.45, 7) is 2.27. The highest BCUT2D eigenvalue weighted by atomic mass is 16.8. The molecule has 0 aliphatic carbocycles. The number of benzene rings is 7. The van der Waals surface area contributed by atoms with E-state index in [1.807, 2.05) is 212 Å². The molecule has 2 saturated heterocycles. The van der Waals surface area contributed by atoms with Gasteiger partial charge in [-0.05, 0) is 38.9 Å². The summed E-state index contributed by atoms with van der Waals surface area (Å²) in [6.07, 6.45) is -8.10. The third-order valence-electron chi connectivity index (χ3n) is 12.9. The average molecular weight is 987 g/mol. The number of methoxy groups -OCH3 is 1. The molecule has 0 saturated carbocycles. The maximum atomic E-state index is 7.51. The minimum absolute atomic E-state index is 0.124. The van der Waals surface area contributed by atoms with Gasteiger partial charge in [0.15, 0.2) is 12.6 Å². The van der Waals surface area contributed by atoms with Crippen molar-refractivity contribution in [3.8, 4) is 0 Å². The van der Waals surface area contributed by atoms with Crippen LogP contribution in [0.5, 0.6) is 0 Å². The number of rotatable bonds is 26. The zero-order valence-corrected chi connectivity index (χ0v) is 41.3. The van der Waals surface area contributed by atoms with E-state index in [1.54, 1.807) is 7.11 Å². The molecule has 0 bridgehead atoms. The van der Waals surface area contributed by atoms with Crippen LogP contribution in [-0.4, -0.2) is 81.7 Å². The van der Waals surface area contributed by atoms with E-state index in [1.165, 1.54) is 0 Å². The molecule has 2 heterocycles. The largest absolute Gasteiger partial charge is 0.374 e. The van der Waals surface area contributed by atoms with Gasteiger partial charge in [-0.15, -0.1) is 0 Å². The van der Waals surface area contributed by atoms with Gasteiger partial charge in [0.25, 0.3) is 0 Å². The Balaban J connectivity index is 1.11. The van der Waals surface area contributed by atoms with Crippen LogP contribution in [0.4, 0.5) is 0 Å². The van der Waals surface area contributed by atoms with E-state index >= 15 is 0 Å². The van der Waals surface area contributed by atoms with Gasteiger partial charge in [-0.25, -0.2) is 0 Å². The van der Waals surface area contributed by atoms with Crippen molar-refractivity contribution in [2.24, 2.45) is 0 Å². The summed E-state index contributed by atoms with van der Waals surface area (Å²) < 4.78 is 75.9. The first-order valence-electron chi connectivity index (χ1n) is 25.2. The Kier molecular flexibility index (Phi) is 19.9. The summed E-state index contributed by atoms with van der Waals surface area (Å²) in [7, 11) is 1.61. The summed E-state index contributed by atoms with van der Waals surface area (Å²) >= 11 is 0. The van der Waals surface area contributed by atoms with E-state index in [0.717, 1.165) is 38.9 Å². The third-order valence-corrected chi connectivity index (χ3v) is 12.9. The Morgan fingerprint density at radius 2 is 0.548 bits per heavy atom. The highest BCUT2D eigenvalue weighted by Gasteiger charge is 2.54. The normalized spacial score (nSPS) is 24.0. The Hall–Kier alpha value is -5.90. The zero-order chi connectivity index (χ0) is 49.7. The van der Waals surface area contributed by atoms with Crippen LogP contribution >= 0.6 is 0 Å². The van der Waals surface area contributed by atoms with Crippen LogP contribution in [0, 0.1) is 0 Å². The van der Waals surface area contributed by atoms with Crippen molar-refractivity contribution in [1.29, 1.82) is 0 Å². The maximum Gasteiger partial charge on any atom is 0.187 e. The maximum absolute atomic E-state index is 7.51. The van der Waals surface area contributed by atoms with Gasteiger partial charge in [-0.3, -0.25) is 0 Å². The van der Waals surface area contributed by atoms with Gasteiger partial charge >= 0.3 is 0 Å². The second-order valence-electron chi connectivity index (χ2n) is 18.2. The molecule has 2 aliphatic rings. The van der Waals surface area contributed by atoms with Crippen molar-refractivity contribution in [3.05, 3.63) is 251 Å². The Morgan fingerprint density at radius 3 is 0.890 bits per heavy atom. The van der Waals surface area contributed by atoms with Crippen LogP contribution in [-0.2, 0) is 98.4 Å². The Labute approximate surface area is 429 Å². The number of ether oxygens (including phenoxy) is 11. The number of hydrogen-bond acceptors (Lipinski definition) is 11. The van der Waals surface area contributed by atoms with E-state index in [0.29, 0.717) is 13.2 Å². The molecule has 10 atom stereocenters. The standard InChI is InChI=1S/C62H66O11/c1-63-61-59(69-42-51-33-19-7-20-34-51)58(68-41-50-31-17-6-18-32-50)56(54(71-61)45-65-38-47-25-11-3-12-26-47)73-62-60(70-43-52-35-21-8-22-36-52)57(67-40-49-29-15-5-16-30-49)55(66-39-48-27-13-4-14-28-48)53(72-62)44-64-37-46-23-9-2-10-24-46/h2-36,53-62H,37-45H2,1H3/t53-,54-,55+,56+,57+,58+,59-,60-,61-,62-/m1/s1. The van der Waals surface area contributed by atoms with Gasteiger partial charge in [-0.2, -0.15) is 0 Å². The lowest BCUT2D eigenvalue weighted by Gasteiger charge is -2.50. The number of hydrogen-bond donors (Lipinski definition) is 0. The van der Waals surface area contributed by atoms with Crippen molar-refractivity contribution in [1.82, 2.24) is 0 Å². The highest BCUT2D eigenvalue weighted by molar-refractivity contribution is 5.19. The van der Waals surface area contributed by atoms with Crippen LogP contribution in [0.15, 0.2) is 212 Å². The molecule has 7 aromatic carbocycles. The lowest BCUT2D eigenvalue weighted by molar-refractivity contribution is -0.376. The summed E-state index contributed by atoms with van der Waals surface area (Å²) in [5.41, 5.74) is 6.95. The van der Waals surface area contributed by atoms with Crippen LogP contribution in [0.1, 0.15) is 38.9 Å². The van der Waals surface area contributed by atoms with Gasteiger partial charge in [0.2, 0.25) is 0 Å². The lowest BCUT2D eigenvalue weighted by Crippen LogP contribution is -2.66. The highest BCUT2D eigenvalue weighted by Crippen LogP contribution is 2.37. The van der Waals surface area contributed by atoms with Gasteiger partial charge < -0.3 is 52.1 Å². The summed E-state index contributed by atoms with van der Waals surface area (Å²) in [5, 5.41) is 0. The molecule has 0 N–H and O–H groups in total. The zero-order valence-electron chi connectivity index (χ0n) is 41.3. The molecule has 9 rings (SSSR count). The molecular formula is C62H66O11. The van der Waals surface area contributed by atoms with Gasteiger partial charge in [-0.1, -0.05) is 212 Å². The van der Waals surface area contributed by atoms with Crippen molar-refractivity contribution < 1.29 is 52.1 Å². The predicted octanol–water partition coefficient (Wildman–Crippen LogP) is 10.8.